The van der Waals surface area contributed by atoms with Gasteiger partial charge >= 0.3 is 0 Å². The minimum atomic E-state index is 0.618. The van der Waals surface area contributed by atoms with Gasteiger partial charge in [0.2, 0.25) is 5.95 Å². The molecular weight excluding hydrogens is 254 g/mol. The first kappa shape index (κ1) is 12.7. The van der Waals surface area contributed by atoms with Crippen molar-refractivity contribution in [2.75, 3.05) is 5.32 Å². The smallest absolute Gasteiger partial charge is 0.203 e. The summed E-state index contributed by atoms with van der Waals surface area (Å²) in [6.45, 7) is 5.30. The second-order valence-electron chi connectivity index (χ2n) is 5.46. The third kappa shape index (κ3) is 2.84. The summed E-state index contributed by atoms with van der Waals surface area (Å²) in [4.78, 5) is 7.28. The van der Waals surface area contributed by atoms with Gasteiger partial charge in [-0.3, -0.25) is 0 Å². The van der Waals surface area contributed by atoms with Crippen LogP contribution in [-0.4, -0.2) is 15.6 Å². The summed E-state index contributed by atoms with van der Waals surface area (Å²) in [7, 11) is 0. The molecule has 0 atom stereocenters. The first-order valence-electron chi connectivity index (χ1n) is 7.06. The van der Waals surface area contributed by atoms with Gasteiger partial charge in [-0.25, -0.2) is 4.98 Å². The maximum atomic E-state index is 4.46. The van der Waals surface area contributed by atoms with E-state index in [2.05, 4.69) is 41.0 Å². The van der Waals surface area contributed by atoms with Crippen LogP contribution in [0.4, 0.5) is 5.95 Å². The van der Waals surface area contributed by atoms with E-state index in [0.717, 1.165) is 12.5 Å². The van der Waals surface area contributed by atoms with Gasteiger partial charge in [0.1, 0.15) is 0 Å². The van der Waals surface area contributed by atoms with Crippen LogP contribution in [0.1, 0.15) is 41.0 Å². The minimum Gasteiger partial charge on any atom is -0.353 e. The summed E-state index contributed by atoms with van der Waals surface area (Å²) in [5.41, 5.74) is 1.39. The third-order valence-corrected chi connectivity index (χ3v) is 5.08. The Bertz CT molecular complexity index is 530. The van der Waals surface area contributed by atoms with Gasteiger partial charge in [-0.2, -0.15) is 0 Å². The summed E-state index contributed by atoms with van der Waals surface area (Å²) in [6.07, 6.45) is 9.23. The first-order valence-corrected chi connectivity index (χ1v) is 7.87. The molecule has 19 heavy (non-hydrogen) atoms. The molecule has 0 unspecified atom stereocenters. The average Bonchev–Trinajstić information content (AvgIpc) is 3.07. The highest BCUT2D eigenvalue weighted by molar-refractivity contribution is 7.12. The van der Waals surface area contributed by atoms with Crippen LogP contribution in [0.5, 0.6) is 0 Å². The fourth-order valence-electron chi connectivity index (χ4n) is 2.73. The summed E-state index contributed by atoms with van der Waals surface area (Å²) >= 11 is 1.89. The second-order valence-corrected chi connectivity index (χ2v) is 6.80. The Balaban J connectivity index is 1.72. The highest BCUT2D eigenvalue weighted by atomic mass is 32.1. The van der Waals surface area contributed by atoms with Gasteiger partial charge in [0.05, 0.1) is 6.54 Å². The largest absolute Gasteiger partial charge is 0.353 e. The van der Waals surface area contributed by atoms with Crippen molar-refractivity contribution in [1.29, 1.82) is 0 Å². The fourth-order valence-corrected chi connectivity index (χ4v) is 3.78. The zero-order chi connectivity index (χ0) is 13.2. The van der Waals surface area contributed by atoms with Crippen LogP contribution in [0.15, 0.2) is 18.5 Å². The summed E-state index contributed by atoms with van der Waals surface area (Å²) in [5, 5.41) is 3.59. The molecule has 0 spiro atoms. The van der Waals surface area contributed by atoms with E-state index in [0.29, 0.717) is 6.04 Å². The van der Waals surface area contributed by atoms with E-state index in [9.17, 15) is 0 Å². The number of nitrogens with zero attached hydrogens (tertiary/aromatic N) is 2. The van der Waals surface area contributed by atoms with Crippen molar-refractivity contribution >= 4 is 17.3 Å². The number of aryl methyl sites for hydroxylation is 2. The molecule has 3 rings (SSSR count). The van der Waals surface area contributed by atoms with Crippen LogP contribution in [0, 0.1) is 13.8 Å². The van der Waals surface area contributed by atoms with Crippen molar-refractivity contribution in [3.05, 3.63) is 33.8 Å². The summed E-state index contributed by atoms with van der Waals surface area (Å²) < 4.78 is 2.23. The van der Waals surface area contributed by atoms with Gasteiger partial charge in [-0.15, -0.1) is 11.3 Å². The zero-order valence-corrected chi connectivity index (χ0v) is 12.5. The van der Waals surface area contributed by atoms with E-state index < -0.39 is 0 Å². The lowest BCUT2D eigenvalue weighted by molar-refractivity contribution is 0.719. The van der Waals surface area contributed by atoms with Gasteiger partial charge in [-0.05, 0) is 38.3 Å². The quantitative estimate of drug-likeness (QED) is 0.915. The molecule has 0 aliphatic heterocycles. The lowest BCUT2D eigenvalue weighted by Crippen LogP contribution is -2.18. The monoisotopic (exact) mass is 275 g/mol. The molecule has 2 aromatic rings. The number of hydrogen-bond donors (Lipinski definition) is 1. The van der Waals surface area contributed by atoms with Crippen molar-refractivity contribution in [2.24, 2.45) is 0 Å². The normalized spacial score (nSPS) is 16.1. The highest BCUT2D eigenvalue weighted by Gasteiger charge is 2.16. The minimum absolute atomic E-state index is 0.618. The number of thiophene rings is 1. The predicted octanol–water partition coefficient (Wildman–Crippen LogP) is 3.96. The maximum absolute atomic E-state index is 4.46. The van der Waals surface area contributed by atoms with E-state index in [1.807, 2.05) is 17.5 Å². The summed E-state index contributed by atoms with van der Waals surface area (Å²) in [6, 6.07) is 2.91. The maximum Gasteiger partial charge on any atom is 0.203 e. The summed E-state index contributed by atoms with van der Waals surface area (Å²) in [5.74, 6) is 1.02. The van der Waals surface area contributed by atoms with Gasteiger partial charge < -0.3 is 9.88 Å². The molecule has 0 aromatic carbocycles. The first-order chi connectivity index (χ1) is 9.22. The highest BCUT2D eigenvalue weighted by Crippen LogP contribution is 2.24. The van der Waals surface area contributed by atoms with Crippen molar-refractivity contribution in [3.8, 4) is 0 Å². The second kappa shape index (κ2) is 5.37. The number of aromatic nitrogens is 2. The van der Waals surface area contributed by atoms with E-state index in [1.165, 1.54) is 41.0 Å². The van der Waals surface area contributed by atoms with E-state index in [1.54, 1.807) is 0 Å². The zero-order valence-electron chi connectivity index (χ0n) is 11.6. The molecule has 1 N–H and O–H groups in total. The van der Waals surface area contributed by atoms with E-state index >= 15 is 0 Å². The van der Waals surface area contributed by atoms with Crippen molar-refractivity contribution < 1.29 is 0 Å². The Labute approximate surface area is 118 Å². The molecule has 1 saturated carbocycles. The average molecular weight is 275 g/mol. The lowest BCUT2D eigenvalue weighted by Gasteiger charge is -2.14. The van der Waals surface area contributed by atoms with Crippen molar-refractivity contribution in [2.45, 2.75) is 52.1 Å². The number of anilines is 1. The molecule has 0 radical (unpaired) electrons. The number of rotatable bonds is 4. The Morgan fingerprint density at radius 2 is 2.16 bits per heavy atom. The van der Waals surface area contributed by atoms with Crippen LogP contribution in [0.2, 0.25) is 0 Å². The standard InChI is InChI=1S/C15H21N3S/c1-11-9-14(19-12(11)2)10-18-8-7-16-15(18)17-13-5-3-4-6-13/h7-9,13H,3-6,10H2,1-2H3,(H,16,17). The van der Waals surface area contributed by atoms with Crippen LogP contribution in [-0.2, 0) is 6.54 Å². The van der Waals surface area contributed by atoms with Crippen LogP contribution in [0.25, 0.3) is 0 Å². The molecule has 0 amide bonds. The van der Waals surface area contributed by atoms with Gasteiger partial charge in [-0.1, -0.05) is 12.8 Å². The molecule has 2 heterocycles. The third-order valence-electron chi connectivity index (χ3n) is 3.95. The molecule has 1 aliphatic rings. The molecule has 1 fully saturated rings. The Morgan fingerprint density at radius 3 is 2.84 bits per heavy atom. The molecule has 4 heteroatoms. The Morgan fingerprint density at radius 1 is 1.37 bits per heavy atom. The van der Waals surface area contributed by atoms with Crippen LogP contribution >= 0.6 is 11.3 Å². The SMILES string of the molecule is Cc1cc(Cn2ccnc2NC2CCCC2)sc1C. The predicted molar refractivity (Wildman–Crippen MR) is 81.0 cm³/mol. The number of imidazole rings is 1. The molecule has 0 bridgehead atoms. The molecule has 1 aliphatic carbocycles. The Kier molecular flexibility index (Phi) is 3.60. The van der Waals surface area contributed by atoms with Crippen molar-refractivity contribution in [1.82, 2.24) is 9.55 Å². The molecule has 102 valence electrons. The van der Waals surface area contributed by atoms with Gasteiger partial charge in [0, 0.05) is 28.2 Å². The molecule has 0 saturated heterocycles. The van der Waals surface area contributed by atoms with Gasteiger partial charge in [0.25, 0.3) is 0 Å². The Hall–Kier alpha value is -1.29. The lowest BCUT2D eigenvalue weighted by atomic mass is 10.2. The molecular formula is C15H21N3S. The molecule has 2 aromatic heterocycles. The van der Waals surface area contributed by atoms with E-state index in [-0.39, 0.29) is 0 Å². The van der Waals surface area contributed by atoms with E-state index in [4.69, 9.17) is 0 Å². The van der Waals surface area contributed by atoms with Gasteiger partial charge in [0.15, 0.2) is 0 Å². The topological polar surface area (TPSA) is 29.9 Å². The van der Waals surface area contributed by atoms with Crippen LogP contribution < -0.4 is 5.32 Å². The number of nitrogens with one attached hydrogen (secondary N) is 1. The molecule has 3 nitrogen and oxygen atoms in total. The fraction of sp³-hybridized carbons (Fsp3) is 0.533. The number of hydrogen-bond acceptors (Lipinski definition) is 3. The van der Waals surface area contributed by atoms with Crippen LogP contribution in [0.3, 0.4) is 0 Å². The van der Waals surface area contributed by atoms with Crippen molar-refractivity contribution in [3.63, 3.8) is 0 Å².